The van der Waals surface area contributed by atoms with Gasteiger partial charge in [-0.3, -0.25) is 10.2 Å². The first-order valence-corrected chi connectivity index (χ1v) is 10.4. The molecule has 1 saturated heterocycles. The second kappa shape index (κ2) is 11.8. The van der Waals surface area contributed by atoms with Gasteiger partial charge in [-0.2, -0.15) is 13.2 Å². The highest BCUT2D eigenvalue weighted by molar-refractivity contribution is 6.30. The normalized spacial score (nSPS) is 17.7. The summed E-state index contributed by atoms with van der Waals surface area (Å²) < 4.78 is 51.1. The number of anilines is 1. The van der Waals surface area contributed by atoms with E-state index in [1.807, 2.05) is 0 Å². The Labute approximate surface area is 200 Å². The van der Waals surface area contributed by atoms with E-state index in [1.165, 1.54) is 24.3 Å². The Kier molecular flexibility index (Phi) is 9.76. The van der Waals surface area contributed by atoms with Gasteiger partial charge in [-0.1, -0.05) is 23.2 Å². The monoisotopic (exact) mass is 512 g/mol. The van der Waals surface area contributed by atoms with Crippen LogP contribution in [0, 0.1) is 0 Å². The number of amides is 1. The lowest BCUT2D eigenvalue weighted by atomic mass is 10.1. The van der Waals surface area contributed by atoms with Gasteiger partial charge in [0.15, 0.2) is 0 Å². The number of nitrogens with one attached hydrogen (secondary N) is 1. The van der Waals surface area contributed by atoms with Crippen LogP contribution in [0.1, 0.15) is 12.8 Å². The largest absolute Gasteiger partial charge is 0.489 e. The molecule has 11 heteroatoms. The number of nitrogens with zero attached hydrogens (tertiary/aromatic N) is 1. The molecule has 0 spiro atoms. The predicted molar refractivity (Wildman–Crippen MR) is 120 cm³/mol. The topological polar surface area (TPSA) is 50.8 Å². The first-order valence-electron chi connectivity index (χ1n) is 9.63. The number of hydrogen-bond donors (Lipinski definition) is 1. The van der Waals surface area contributed by atoms with Crippen LogP contribution in [0.2, 0.25) is 10.0 Å². The molecule has 0 aliphatic carbocycles. The molecule has 1 N–H and O–H groups in total. The van der Waals surface area contributed by atoms with E-state index in [9.17, 15) is 18.0 Å². The summed E-state index contributed by atoms with van der Waals surface area (Å²) in [5.41, 5.74) is 0.282. The molecule has 2 atom stereocenters. The van der Waals surface area contributed by atoms with Crippen molar-refractivity contribution in [1.29, 1.82) is 0 Å². The van der Waals surface area contributed by atoms with Gasteiger partial charge in [-0.15, -0.1) is 12.4 Å². The third kappa shape index (κ3) is 8.24. The second-order valence-corrected chi connectivity index (χ2v) is 8.04. The molecule has 5 nitrogen and oxygen atoms in total. The first kappa shape index (κ1) is 26.4. The van der Waals surface area contributed by atoms with Crippen LogP contribution in [0.4, 0.5) is 23.7 Å². The summed E-state index contributed by atoms with van der Waals surface area (Å²) in [6.45, 7) is 0.268. The number of alkyl halides is 3. The number of piperidine rings is 1. The molecule has 0 saturated carbocycles. The average molecular weight is 514 g/mol. The van der Waals surface area contributed by atoms with Gasteiger partial charge in [0, 0.05) is 28.8 Å². The number of rotatable bonds is 6. The summed E-state index contributed by atoms with van der Waals surface area (Å²) in [6.07, 6.45) is -7.05. The Morgan fingerprint density at radius 1 is 1.09 bits per heavy atom. The van der Waals surface area contributed by atoms with E-state index >= 15 is 0 Å². The minimum Gasteiger partial charge on any atom is -0.489 e. The van der Waals surface area contributed by atoms with Crippen molar-refractivity contribution in [1.82, 2.24) is 4.90 Å². The van der Waals surface area contributed by atoms with Crippen molar-refractivity contribution in [3.8, 4) is 5.75 Å². The van der Waals surface area contributed by atoms with Gasteiger partial charge in [0.2, 0.25) is 6.10 Å². The maximum absolute atomic E-state index is 13.5. The van der Waals surface area contributed by atoms with E-state index in [-0.39, 0.29) is 30.7 Å². The van der Waals surface area contributed by atoms with Gasteiger partial charge < -0.3 is 9.47 Å². The molecule has 2 aromatic carbocycles. The number of halogens is 6. The summed E-state index contributed by atoms with van der Waals surface area (Å²) in [7, 11) is 0. The van der Waals surface area contributed by atoms with Crippen molar-refractivity contribution in [2.45, 2.75) is 31.2 Å². The van der Waals surface area contributed by atoms with Crippen molar-refractivity contribution in [3.05, 3.63) is 58.6 Å². The summed E-state index contributed by atoms with van der Waals surface area (Å²) in [5.74, 6) is 0.599. The summed E-state index contributed by atoms with van der Waals surface area (Å²) >= 11 is 11.6. The van der Waals surface area contributed by atoms with Crippen molar-refractivity contribution in [2.24, 2.45) is 0 Å². The average Bonchev–Trinajstić information content (AvgIpc) is 2.71. The van der Waals surface area contributed by atoms with Crippen molar-refractivity contribution >= 4 is 47.4 Å². The standard InChI is InChI=1S/C21H21Cl2F3N2O3.ClH/c22-14-3-7-16(8-4-14)27-20(29)31-19(21(24,25)26)13-28-11-1-2-18(12-28)30-17-9-5-15(23)6-10-17;/h3-10,18-19H,1-2,11-13H2,(H,27,29);1H/t18?,19-;/m0./s1. The zero-order valence-electron chi connectivity index (χ0n) is 16.8. The minimum atomic E-state index is -4.71. The second-order valence-electron chi connectivity index (χ2n) is 7.16. The van der Waals surface area contributed by atoms with Crippen LogP contribution in [0.25, 0.3) is 0 Å². The molecule has 1 unspecified atom stereocenters. The molecule has 1 aliphatic heterocycles. The third-order valence-corrected chi connectivity index (χ3v) is 5.21. The highest BCUT2D eigenvalue weighted by atomic mass is 35.5. The highest BCUT2D eigenvalue weighted by Gasteiger charge is 2.44. The number of carbonyl (C=O) groups is 1. The van der Waals surface area contributed by atoms with Gasteiger partial charge in [0.05, 0.1) is 0 Å². The van der Waals surface area contributed by atoms with E-state index in [4.69, 9.17) is 32.7 Å². The SMILES string of the molecule is Cl.O=C(Nc1ccc(Cl)cc1)O[C@@H](CN1CCCC(Oc2ccc(Cl)cc2)C1)C(F)(F)F. The molecule has 1 fully saturated rings. The molecule has 0 radical (unpaired) electrons. The maximum Gasteiger partial charge on any atom is 0.426 e. The van der Waals surface area contributed by atoms with Crippen LogP contribution in [0.3, 0.4) is 0 Å². The molecule has 0 bridgehead atoms. The van der Waals surface area contributed by atoms with Crippen LogP contribution in [-0.2, 0) is 4.74 Å². The van der Waals surface area contributed by atoms with Crippen molar-refractivity contribution in [3.63, 3.8) is 0 Å². The number of carbonyl (C=O) groups excluding carboxylic acids is 1. The molecule has 176 valence electrons. The Morgan fingerprint density at radius 3 is 2.28 bits per heavy atom. The molecule has 0 aromatic heterocycles. The molecule has 1 aliphatic rings. The maximum atomic E-state index is 13.5. The van der Waals surface area contributed by atoms with Crippen LogP contribution in [0.5, 0.6) is 5.75 Å². The lowest BCUT2D eigenvalue weighted by Gasteiger charge is -2.35. The Bertz CT molecular complexity index is 867. The minimum absolute atomic E-state index is 0. The number of benzene rings is 2. The fraction of sp³-hybridized carbons (Fsp3) is 0.381. The molecular weight excluding hydrogens is 492 g/mol. The van der Waals surface area contributed by atoms with E-state index in [2.05, 4.69) is 5.32 Å². The lowest BCUT2D eigenvalue weighted by Crippen LogP contribution is -2.49. The van der Waals surface area contributed by atoms with E-state index in [0.29, 0.717) is 35.2 Å². The Morgan fingerprint density at radius 2 is 1.69 bits per heavy atom. The third-order valence-electron chi connectivity index (χ3n) is 4.71. The van der Waals surface area contributed by atoms with Gasteiger partial charge in [-0.25, -0.2) is 4.79 Å². The number of hydrogen-bond acceptors (Lipinski definition) is 4. The summed E-state index contributed by atoms with van der Waals surface area (Å²) in [5, 5.41) is 3.29. The molecule has 32 heavy (non-hydrogen) atoms. The van der Waals surface area contributed by atoms with Gasteiger partial charge >= 0.3 is 12.3 Å². The smallest absolute Gasteiger partial charge is 0.426 e. The Balaban J connectivity index is 0.00000363. The van der Waals surface area contributed by atoms with E-state index in [0.717, 1.165) is 0 Å². The van der Waals surface area contributed by atoms with Crippen LogP contribution in [-0.4, -0.2) is 49.0 Å². The molecule has 1 heterocycles. The fourth-order valence-electron chi connectivity index (χ4n) is 3.23. The van der Waals surface area contributed by atoms with Crippen LogP contribution < -0.4 is 10.1 Å². The van der Waals surface area contributed by atoms with Gasteiger partial charge in [0.1, 0.15) is 11.9 Å². The number of ether oxygens (including phenoxy) is 2. The van der Waals surface area contributed by atoms with Crippen LogP contribution >= 0.6 is 35.6 Å². The molecule has 3 rings (SSSR count). The van der Waals surface area contributed by atoms with Crippen LogP contribution in [0.15, 0.2) is 48.5 Å². The highest BCUT2D eigenvalue weighted by Crippen LogP contribution is 2.27. The van der Waals surface area contributed by atoms with Gasteiger partial charge in [0.25, 0.3) is 0 Å². The zero-order valence-corrected chi connectivity index (χ0v) is 19.1. The predicted octanol–water partition coefficient (Wildman–Crippen LogP) is 6.44. The van der Waals surface area contributed by atoms with E-state index < -0.39 is 24.9 Å². The lowest BCUT2D eigenvalue weighted by molar-refractivity contribution is -0.207. The van der Waals surface area contributed by atoms with Gasteiger partial charge in [-0.05, 0) is 67.9 Å². The first-order chi connectivity index (χ1) is 14.7. The van der Waals surface area contributed by atoms with Crippen molar-refractivity contribution in [2.75, 3.05) is 25.0 Å². The fourth-order valence-corrected chi connectivity index (χ4v) is 3.48. The molecule has 2 aromatic rings. The Hall–Kier alpha value is -1.87. The zero-order chi connectivity index (χ0) is 22.4. The molecule has 1 amide bonds. The van der Waals surface area contributed by atoms with E-state index in [1.54, 1.807) is 29.2 Å². The van der Waals surface area contributed by atoms with Crippen molar-refractivity contribution < 1.29 is 27.4 Å². The number of likely N-dealkylation sites (tertiary alicyclic amines) is 1. The molecular formula is C21H22Cl3F3N2O3. The summed E-state index contributed by atoms with van der Waals surface area (Å²) in [6, 6.07) is 12.7. The summed E-state index contributed by atoms with van der Waals surface area (Å²) in [4.78, 5) is 13.6. The quantitative estimate of drug-likeness (QED) is 0.483.